The van der Waals surface area contributed by atoms with Crippen molar-refractivity contribution in [2.45, 2.75) is 35.5 Å². The SMILES string of the molecule is CN(C[C@@H](CCN1CCC2(CC1)CS(=O)c1ccccc12)c1ccc(Cl)c(Cl)c1)c1cccs1. The summed E-state index contributed by atoms with van der Waals surface area (Å²) < 4.78 is 12.7. The predicted octanol–water partition coefficient (Wildman–Crippen LogP) is 6.82. The van der Waals surface area contributed by atoms with E-state index in [1.54, 1.807) is 11.3 Å². The molecule has 0 radical (unpaired) electrons. The first kappa shape index (κ1) is 24.3. The number of nitrogens with zero attached hydrogens (tertiary/aromatic N) is 2. The largest absolute Gasteiger partial charge is 0.366 e. The van der Waals surface area contributed by atoms with Crippen LogP contribution in [0, 0.1) is 0 Å². The molecule has 180 valence electrons. The van der Waals surface area contributed by atoms with Gasteiger partial charge in [-0.25, -0.2) is 0 Å². The molecule has 3 heterocycles. The Morgan fingerprint density at radius 2 is 1.88 bits per heavy atom. The average Bonchev–Trinajstić information content (AvgIpc) is 3.48. The highest BCUT2D eigenvalue weighted by Crippen LogP contribution is 2.45. The normalized spacial score (nSPS) is 20.4. The molecule has 2 aromatic carbocycles. The molecule has 1 saturated heterocycles. The van der Waals surface area contributed by atoms with Crippen LogP contribution in [0.3, 0.4) is 0 Å². The van der Waals surface area contributed by atoms with Gasteiger partial charge in [0.15, 0.2) is 0 Å². The molecule has 0 bridgehead atoms. The quantitative estimate of drug-likeness (QED) is 0.333. The molecule has 7 heteroatoms. The Labute approximate surface area is 219 Å². The van der Waals surface area contributed by atoms with Crippen LogP contribution < -0.4 is 4.90 Å². The van der Waals surface area contributed by atoms with Gasteiger partial charge in [-0.15, -0.1) is 11.3 Å². The number of fused-ring (bicyclic) bond motifs is 2. The van der Waals surface area contributed by atoms with Crippen LogP contribution >= 0.6 is 34.5 Å². The van der Waals surface area contributed by atoms with Crippen LogP contribution in [0.1, 0.15) is 36.3 Å². The van der Waals surface area contributed by atoms with Crippen molar-refractivity contribution in [1.82, 2.24) is 4.90 Å². The van der Waals surface area contributed by atoms with Crippen molar-refractivity contribution >= 4 is 50.3 Å². The van der Waals surface area contributed by atoms with Gasteiger partial charge in [-0.05, 0) is 85.7 Å². The second kappa shape index (κ2) is 10.3. The number of likely N-dealkylation sites (N-methyl/N-ethyl adjacent to an activating group) is 1. The zero-order valence-corrected chi connectivity index (χ0v) is 22.5. The molecule has 3 nitrogen and oxygen atoms in total. The van der Waals surface area contributed by atoms with Crippen LogP contribution in [-0.4, -0.2) is 48.1 Å². The van der Waals surface area contributed by atoms with Gasteiger partial charge in [0.2, 0.25) is 0 Å². The molecule has 1 spiro atoms. The highest BCUT2D eigenvalue weighted by atomic mass is 35.5. The van der Waals surface area contributed by atoms with Gasteiger partial charge in [-0.2, -0.15) is 0 Å². The first-order valence-electron chi connectivity index (χ1n) is 11.8. The van der Waals surface area contributed by atoms with E-state index < -0.39 is 10.8 Å². The Morgan fingerprint density at radius 1 is 1.09 bits per heavy atom. The van der Waals surface area contributed by atoms with Gasteiger partial charge >= 0.3 is 0 Å². The lowest BCUT2D eigenvalue weighted by Gasteiger charge is -2.40. The third-order valence-corrected chi connectivity index (χ3v) is 10.9. The number of likely N-dealkylation sites (tertiary alicyclic amines) is 1. The van der Waals surface area contributed by atoms with E-state index in [2.05, 4.69) is 58.6 Å². The van der Waals surface area contributed by atoms with Crippen molar-refractivity contribution in [3.05, 3.63) is 81.1 Å². The maximum Gasteiger partial charge on any atom is 0.0906 e. The number of anilines is 1. The molecule has 1 aromatic heterocycles. The maximum atomic E-state index is 12.7. The third-order valence-electron chi connectivity index (χ3n) is 7.51. The summed E-state index contributed by atoms with van der Waals surface area (Å²) in [6.07, 6.45) is 3.23. The molecule has 1 unspecified atom stereocenters. The van der Waals surface area contributed by atoms with Crippen molar-refractivity contribution in [1.29, 1.82) is 0 Å². The minimum Gasteiger partial charge on any atom is -0.366 e. The summed E-state index contributed by atoms with van der Waals surface area (Å²) >= 11 is 14.4. The van der Waals surface area contributed by atoms with Gasteiger partial charge in [0.05, 0.1) is 25.8 Å². The number of piperidine rings is 1. The summed E-state index contributed by atoms with van der Waals surface area (Å²) in [5.41, 5.74) is 2.67. The Hall–Kier alpha value is -1.37. The molecule has 1 fully saturated rings. The van der Waals surface area contributed by atoms with Gasteiger partial charge in [0.25, 0.3) is 0 Å². The molecular formula is C27H30Cl2N2OS2. The molecule has 0 amide bonds. The fraction of sp³-hybridized carbons (Fsp3) is 0.407. The van der Waals surface area contributed by atoms with Crippen molar-refractivity contribution in [2.24, 2.45) is 0 Å². The van der Waals surface area contributed by atoms with Gasteiger partial charge in [-0.1, -0.05) is 47.5 Å². The van der Waals surface area contributed by atoms with Crippen molar-refractivity contribution in [3.8, 4) is 0 Å². The highest BCUT2D eigenvalue weighted by Gasteiger charge is 2.44. The molecule has 2 aliphatic heterocycles. The van der Waals surface area contributed by atoms with Crippen LogP contribution in [0.2, 0.25) is 10.0 Å². The maximum absolute atomic E-state index is 12.7. The number of rotatable bonds is 7. The first-order valence-corrected chi connectivity index (χ1v) is 14.8. The summed E-state index contributed by atoms with van der Waals surface area (Å²) in [4.78, 5) is 5.99. The molecule has 3 aromatic rings. The van der Waals surface area contributed by atoms with Crippen molar-refractivity contribution in [3.63, 3.8) is 0 Å². The molecular weight excluding hydrogens is 503 g/mol. The second-order valence-corrected chi connectivity index (χ2v) is 12.8. The fourth-order valence-electron chi connectivity index (χ4n) is 5.50. The summed E-state index contributed by atoms with van der Waals surface area (Å²) in [5, 5.41) is 4.62. The van der Waals surface area contributed by atoms with E-state index >= 15 is 0 Å². The topological polar surface area (TPSA) is 23.6 Å². The molecule has 2 atom stereocenters. The molecule has 5 rings (SSSR count). The molecule has 0 N–H and O–H groups in total. The van der Waals surface area contributed by atoms with Crippen LogP contribution in [0.5, 0.6) is 0 Å². The third kappa shape index (κ3) is 4.96. The van der Waals surface area contributed by atoms with E-state index in [0.29, 0.717) is 16.0 Å². The van der Waals surface area contributed by atoms with Gasteiger partial charge in [0.1, 0.15) is 0 Å². The van der Waals surface area contributed by atoms with E-state index in [0.717, 1.165) is 56.1 Å². The monoisotopic (exact) mass is 532 g/mol. The zero-order valence-electron chi connectivity index (χ0n) is 19.4. The number of hydrogen-bond donors (Lipinski definition) is 0. The number of thiophene rings is 1. The van der Waals surface area contributed by atoms with Crippen LogP contribution in [0.15, 0.2) is 64.9 Å². The first-order chi connectivity index (χ1) is 16.4. The summed E-state index contributed by atoms with van der Waals surface area (Å²) in [6.45, 7) is 4.09. The molecule has 0 saturated carbocycles. The van der Waals surface area contributed by atoms with E-state index in [1.807, 2.05) is 18.2 Å². The van der Waals surface area contributed by atoms with E-state index in [-0.39, 0.29) is 5.41 Å². The summed E-state index contributed by atoms with van der Waals surface area (Å²) in [7, 11) is 1.31. The van der Waals surface area contributed by atoms with Crippen LogP contribution in [0.25, 0.3) is 0 Å². The highest BCUT2D eigenvalue weighted by molar-refractivity contribution is 7.85. The zero-order chi connectivity index (χ0) is 23.7. The van der Waals surface area contributed by atoms with Gasteiger partial charge < -0.3 is 9.80 Å². The number of halogens is 2. The lowest BCUT2D eigenvalue weighted by atomic mass is 9.74. The Bertz CT molecular complexity index is 1160. The lowest BCUT2D eigenvalue weighted by molar-refractivity contribution is 0.167. The Morgan fingerprint density at radius 3 is 2.62 bits per heavy atom. The van der Waals surface area contributed by atoms with Gasteiger partial charge in [-0.3, -0.25) is 4.21 Å². The molecule has 34 heavy (non-hydrogen) atoms. The lowest BCUT2D eigenvalue weighted by Crippen LogP contribution is -2.44. The van der Waals surface area contributed by atoms with E-state index in [4.69, 9.17) is 23.2 Å². The van der Waals surface area contributed by atoms with Crippen LogP contribution in [-0.2, 0) is 16.2 Å². The standard InChI is InChI=1S/C27H30Cl2N2OS2/c1-30(26-7-4-16-33-26)18-21(20-8-9-23(28)24(29)17-20)10-13-31-14-11-27(12-15-31)19-34(32)25-6-3-2-5-22(25)27/h2-9,16-17,21H,10-15,18-19H2,1H3/t21-,34?/m1/s1. The minimum absolute atomic E-state index is 0.0977. The van der Waals surface area contributed by atoms with Crippen molar-refractivity contribution < 1.29 is 4.21 Å². The fourth-order valence-corrected chi connectivity index (χ4v) is 8.38. The summed E-state index contributed by atoms with van der Waals surface area (Å²) in [6, 6.07) is 18.7. The molecule has 2 aliphatic rings. The summed E-state index contributed by atoms with van der Waals surface area (Å²) in [5.74, 6) is 1.15. The average molecular weight is 534 g/mol. The number of hydrogen-bond acceptors (Lipinski definition) is 4. The van der Waals surface area contributed by atoms with E-state index in [9.17, 15) is 4.21 Å². The number of benzene rings is 2. The van der Waals surface area contributed by atoms with Crippen molar-refractivity contribution in [2.75, 3.05) is 43.9 Å². The second-order valence-electron chi connectivity index (χ2n) is 9.60. The molecule has 0 aliphatic carbocycles. The van der Waals surface area contributed by atoms with Gasteiger partial charge in [0, 0.05) is 35.6 Å². The van der Waals surface area contributed by atoms with Crippen LogP contribution in [0.4, 0.5) is 5.00 Å². The van der Waals surface area contributed by atoms with E-state index in [1.165, 1.54) is 16.1 Å². The minimum atomic E-state index is -0.854. The smallest absolute Gasteiger partial charge is 0.0906 e. The predicted molar refractivity (Wildman–Crippen MR) is 146 cm³/mol. The Kier molecular flexibility index (Phi) is 7.38. The Balaban J connectivity index is 1.26.